The fraction of sp³-hybridized carbons (Fsp3) is 0.308. The zero-order valence-corrected chi connectivity index (χ0v) is 18.6. The molecule has 0 radical (unpaired) electrons. The Morgan fingerprint density at radius 3 is 2.53 bits per heavy atom. The number of hydrogen-bond donors (Lipinski definition) is 3. The number of ether oxygens (including phenoxy) is 2. The minimum Gasteiger partial charge on any atom is -0.496 e. The molecule has 1 aromatic heterocycles. The van der Waals surface area contributed by atoms with Crippen molar-refractivity contribution in [1.82, 2.24) is 0 Å². The van der Waals surface area contributed by atoms with Crippen LogP contribution in [-0.2, 0) is 11.2 Å². The molecule has 5 rings (SSSR count). The van der Waals surface area contributed by atoms with Crippen LogP contribution in [0.3, 0.4) is 0 Å². The largest absolute Gasteiger partial charge is 0.496 e. The summed E-state index contributed by atoms with van der Waals surface area (Å²) >= 11 is 1.75. The number of methoxy groups -OCH3 is 1. The highest BCUT2D eigenvalue weighted by Crippen LogP contribution is 2.41. The quantitative estimate of drug-likeness (QED) is 0.425. The Balaban J connectivity index is 1.64. The summed E-state index contributed by atoms with van der Waals surface area (Å²) in [6, 6.07) is 20.4. The van der Waals surface area contributed by atoms with Crippen molar-refractivity contribution < 1.29 is 24.8 Å². The third kappa shape index (κ3) is 3.78. The van der Waals surface area contributed by atoms with Crippen molar-refractivity contribution in [3.63, 3.8) is 0 Å². The van der Waals surface area contributed by atoms with Gasteiger partial charge >= 0.3 is 0 Å². The van der Waals surface area contributed by atoms with Crippen molar-refractivity contribution in [3.05, 3.63) is 76.7 Å². The van der Waals surface area contributed by atoms with Crippen LogP contribution in [0.25, 0.3) is 20.9 Å². The summed E-state index contributed by atoms with van der Waals surface area (Å²) < 4.78 is 13.1. The van der Waals surface area contributed by atoms with Gasteiger partial charge in [-0.1, -0.05) is 42.5 Å². The van der Waals surface area contributed by atoms with Gasteiger partial charge in [-0.2, -0.15) is 0 Å². The molecule has 0 bridgehead atoms. The summed E-state index contributed by atoms with van der Waals surface area (Å²) in [4.78, 5) is 1.21. The number of fused-ring (bicyclic) bond motifs is 2. The number of benzene rings is 3. The second-order valence-electron chi connectivity index (χ2n) is 8.29. The van der Waals surface area contributed by atoms with Gasteiger partial charge in [0.1, 0.15) is 18.0 Å². The van der Waals surface area contributed by atoms with Crippen molar-refractivity contribution >= 4 is 32.2 Å². The van der Waals surface area contributed by atoms with Crippen LogP contribution < -0.4 is 4.74 Å². The van der Waals surface area contributed by atoms with Crippen LogP contribution in [0.5, 0.6) is 5.75 Å². The molecule has 6 heteroatoms. The number of aliphatic hydroxyl groups is 3. The lowest BCUT2D eigenvalue weighted by Gasteiger charge is -2.37. The molecule has 2 heterocycles. The van der Waals surface area contributed by atoms with Crippen molar-refractivity contribution in [1.29, 1.82) is 0 Å². The molecule has 1 saturated heterocycles. The molecule has 166 valence electrons. The standard InChI is InChI=1S/C26H26O5S/c1-30-25-16(11-18-10-15-6-2-5-9-23(15)32-18)12-21(19-7-3-4-8-20(19)25)26-24(29)22(28)13-17(14-27)31-26/h2-10,12,17,22,24,26-29H,11,13-14H2,1H3/t17-,22-,24+,26-/m0/s1. The van der Waals surface area contributed by atoms with Gasteiger partial charge < -0.3 is 24.8 Å². The van der Waals surface area contributed by atoms with Crippen LogP contribution in [0.15, 0.2) is 60.7 Å². The monoisotopic (exact) mass is 450 g/mol. The summed E-state index contributed by atoms with van der Waals surface area (Å²) in [6.45, 7) is -0.205. The minimum absolute atomic E-state index is 0.205. The molecule has 4 aromatic rings. The molecule has 32 heavy (non-hydrogen) atoms. The highest BCUT2D eigenvalue weighted by atomic mass is 32.1. The second-order valence-corrected chi connectivity index (χ2v) is 9.45. The smallest absolute Gasteiger partial charge is 0.130 e. The van der Waals surface area contributed by atoms with E-state index in [1.807, 2.05) is 42.5 Å². The average Bonchev–Trinajstić information content (AvgIpc) is 3.22. The van der Waals surface area contributed by atoms with Gasteiger partial charge in [-0.3, -0.25) is 0 Å². The van der Waals surface area contributed by atoms with E-state index in [1.165, 1.54) is 15.0 Å². The third-order valence-corrected chi connectivity index (χ3v) is 7.32. The maximum atomic E-state index is 10.8. The maximum absolute atomic E-state index is 10.8. The van der Waals surface area contributed by atoms with Gasteiger partial charge in [0.25, 0.3) is 0 Å². The molecular weight excluding hydrogens is 424 g/mol. The lowest BCUT2D eigenvalue weighted by molar-refractivity contribution is -0.179. The predicted octanol–water partition coefficient (Wildman–Crippen LogP) is 4.20. The second kappa shape index (κ2) is 8.81. The number of thiophene rings is 1. The highest BCUT2D eigenvalue weighted by Gasteiger charge is 2.38. The normalized spacial score (nSPS) is 23.6. The Morgan fingerprint density at radius 2 is 1.78 bits per heavy atom. The minimum atomic E-state index is -1.08. The Kier molecular flexibility index (Phi) is 5.88. The zero-order chi connectivity index (χ0) is 22.2. The zero-order valence-electron chi connectivity index (χ0n) is 17.8. The van der Waals surface area contributed by atoms with E-state index in [2.05, 4.69) is 18.2 Å². The summed E-state index contributed by atoms with van der Waals surface area (Å²) in [5, 5.41) is 33.9. The first-order valence-electron chi connectivity index (χ1n) is 10.8. The van der Waals surface area contributed by atoms with Gasteiger partial charge in [0.15, 0.2) is 0 Å². The van der Waals surface area contributed by atoms with E-state index in [9.17, 15) is 15.3 Å². The van der Waals surface area contributed by atoms with E-state index in [0.29, 0.717) is 6.42 Å². The first kappa shape index (κ1) is 21.4. The van der Waals surface area contributed by atoms with Gasteiger partial charge in [-0.25, -0.2) is 0 Å². The molecule has 1 aliphatic rings. The summed E-state index contributed by atoms with van der Waals surface area (Å²) in [5.74, 6) is 0.798. The van der Waals surface area contributed by atoms with Crippen LogP contribution in [0.2, 0.25) is 0 Å². The van der Waals surface area contributed by atoms with Crippen molar-refractivity contribution in [2.75, 3.05) is 13.7 Å². The fourth-order valence-corrected chi connectivity index (χ4v) is 5.77. The molecule has 1 aliphatic heterocycles. The molecular formula is C26H26O5S. The first-order valence-corrected chi connectivity index (χ1v) is 11.6. The van der Waals surface area contributed by atoms with E-state index in [4.69, 9.17) is 9.47 Å². The summed E-state index contributed by atoms with van der Waals surface area (Å²) in [7, 11) is 1.67. The maximum Gasteiger partial charge on any atom is 0.130 e. The molecule has 3 aromatic carbocycles. The van der Waals surface area contributed by atoms with Crippen LogP contribution in [0.1, 0.15) is 28.5 Å². The Labute approximate surface area is 190 Å². The summed E-state index contributed by atoms with van der Waals surface area (Å²) in [6.07, 6.45) is -2.42. The number of rotatable bonds is 5. The van der Waals surface area contributed by atoms with Gasteiger partial charge in [-0.15, -0.1) is 11.3 Å². The molecule has 1 fully saturated rings. The molecule has 0 saturated carbocycles. The van der Waals surface area contributed by atoms with Crippen LogP contribution >= 0.6 is 11.3 Å². The van der Waals surface area contributed by atoms with Crippen molar-refractivity contribution in [3.8, 4) is 5.75 Å². The van der Waals surface area contributed by atoms with Gasteiger partial charge in [0, 0.05) is 33.4 Å². The van der Waals surface area contributed by atoms with E-state index in [1.54, 1.807) is 18.4 Å². The predicted molar refractivity (Wildman–Crippen MR) is 126 cm³/mol. The van der Waals surface area contributed by atoms with E-state index < -0.39 is 24.4 Å². The Bertz CT molecular complexity index is 1220. The number of hydrogen-bond acceptors (Lipinski definition) is 6. The SMILES string of the molecule is COc1c(Cc2cc3ccccc3s2)cc([C@@H]2O[C@H](CO)C[C@H](O)[C@H]2O)c2ccccc12. The van der Waals surface area contributed by atoms with Crippen LogP contribution in [0, 0.1) is 0 Å². The van der Waals surface area contributed by atoms with E-state index in [-0.39, 0.29) is 13.0 Å². The molecule has 0 unspecified atom stereocenters. The molecule has 3 N–H and O–H groups in total. The summed E-state index contributed by atoms with van der Waals surface area (Å²) in [5.41, 5.74) is 1.78. The van der Waals surface area contributed by atoms with E-state index >= 15 is 0 Å². The van der Waals surface area contributed by atoms with E-state index in [0.717, 1.165) is 27.6 Å². The molecule has 0 spiro atoms. The fourth-order valence-electron chi connectivity index (χ4n) is 4.69. The topological polar surface area (TPSA) is 79.2 Å². The Hall–Kier alpha value is -2.48. The number of aliphatic hydroxyl groups excluding tert-OH is 3. The molecule has 0 amide bonds. The first-order chi connectivity index (χ1) is 15.6. The van der Waals surface area contributed by atoms with Crippen LogP contribution in [0.4, 0.5) is 0 Å². The highest BCUT2D eigenvalue weighted by molar-refractivity contribution is 7.19. The van der Waals surface area contributed by atoms with Crippen molar-refractivity contribution in [2.45, 2.75) is 37.3 Å². The molecule has 5 nitrogen and oxygen atoms in total. The molecule has 4 atom stereocenters. The van der Waals surface area contributed by atoms with Gasteiger partial charge in [-0.05, 0) is 34.5 Å². The lowest BCUT2D eigenvalue weighted by atomic mass is 9.88. The third-order valence-electron chi connectivity index (χ3n) is 6.21. The van der Waals surface area contributed by atoms with Gasteiger partial charge in [0.05, 0.1) is 25.9 Å². The average molecular weight is 451 g/mol. The van der Waals surface area contributed by atoms with Gasteiger partial charge in [0.2, 0.25) is 0 Å². The van der Waals surface area contributed by atoms with Crippen LogP contribution in [-0.4, -0.2) is 47.3 Å². The Morgan fingerprint density at radius 1 is 1.03 bits per heavy atom. The lowest BCUT2D eigenvalue weighted by Crippen LogP contribution is -2.44. The van der Waals surface area contributed by atoms with Crippen molar-refractivity contribution in [2.24, 2.45) is 0 Å². The molecule has 0 aliphatic carbocycles.